The second-order valence-corrected chi connectivity index (χ2v) is 5.11. The zero-order valence-corrected chi connectivity index (χ0v) is 11.2. The molecular formula is C14H9BrClN. The quantitative estimate of drug-likeness (QED) is 0.593. The zero-order chi connectivity index (χ0) is 11.8. The number of fused-ring (bicyclic) bond motifs is 1. The molecule has 3 rings (SSSR count). The molecule has 0 aliphatic heterocycles. The molecule has 0 fully saturated rings. The number of aromatic nitrogens is 1. The van der Waals surface area contributed by atoms with Gasteiger partial charge in [0.15, 0.2) is 0 Å². The van der Waals surface area contributed by atoms with E-state index in [1.165, 1.54) is 0 Å². The molecule has 0 atom stereocenters. The highest BCUT2D eigenvalue weighted by Crippen LogP contribution is 2.30. The van der Waals surface area contributed by atoms with Crippen molar-refractivity contribution in [3.05, 3.63) is 64.2 Å². The lowest BCUT2D eigenvalue weighted by Crippen LogP contribution is -1.90. The van der Waals surface area contributed by atoms with Gasteiger partial charge in [0.05, 0.1) is 10.5 Å². The van der Waals surface area contributed by atoms with E-state index in [-0.39, 0.29) is 0 Å². The van der Waals surface area contributed by atoms with Crippen LogP contribution in [0.3, 0.4) is 0 Å². The summed E-state index contributed by atoms with van der Waals surface area (Å²) in [7, 11) is 0. The third-order valence-electron chi connectivity index (χ3n) is 2.77. The highest BCUT2D eigenvalue weighted by Gasteiger charge is 2.06. The Morgan fingerprint density at radius 1 is 1.00 bits per heavy atom. The highest BCUT2D eigenvalue weighted by molar-refractivity contribution is 9.10. The van der Waals surface area contributed by atoms with Crippen LogP contribution in [0.2, 0.25) is 5.02 Å². The Bertz CT molecular complexity index is 673. The summed E-state index contributed by atoms with van der Waals surface area (Å²) in [5, 5.41) is 1.88. The van der Waals surface area contributed by atoms with E-state index in [0.717, 1.165) is 26.1 Å². The van der Waals surface area contributed by atoms with Crippen LogP contribution in [0.5, 0.6) is 0 Å². The van der Waals surface area contributed by atoms with E-state index >= 15 is 0 Å². The Balaban J connectivity index is 2.29. The van der Waals surface area contributed by atoms with E-state index in [9.17, 15) is 0 Å². The van der Waals surface area contributed by atoms with Gasteiger partial charge in [-0.15, -0.1) is 0 Å². The monoisotopic (exact) mass is 305 g/mol. The summed E-state index contributed by atoms with van der Waals surface area (Å²) in [5.41, 5.74) is 2.30. The lowest BCUT2D eigenvalue weighted by Gasteiger charge is -2.05. The van der Waals surface area contributed by atoms with Crippen LogP contribution in [0.1, 0.15) is 0 Å². The summed E-state index contributed by atoms with van der Waals surface area (Å²) in [5.74, 6) is 0. The molecule has 84 valence electrons. The second-order valence-electron chi connectivity index (χ2n) is 3.85. The Kier molecular flexibility index (Phi) is 2.69. The molecule has 3 aromatic rings. The van der Waals surface area contributed by atoms with Crippen LogP contribution in [-0.4, -0.2) is 4.57 Å². The topological polar surface area (TPSA) is 4.93 Å². The first kappa shape index (κ1) is 10.9. The Morgan fingerprint density at radius 3 is 2.53 bits per heavy atom. The van der Waals surface area contributed by atoms with Gasteiger partial charge in [-0.2, -0.15) is 0 Å². The van der Waals surface area contributed by atoms with E-state index in [1.807, 2.05) is 30.3 Å². The van der Waals surface area contributed by atoms with Gasteiger partial charge in [-0.05, 0) is 46.3 Å². The van der Waals surface area contributed by atoms with Crippen LogP contribution >= 0.6 is 27.5 Å². The first-order valence-electron chi connectivity index (χ1n) is 5.27. The minimum atomic E-state index is 0.739. The van der Waals surface area contributed by atoms with Gasteiger partial charge in [0.2, 0.25) is 0 Å². The minimum Gasteiger partial charge on any atom is -0.317 e. The predicted molar refractivity (Wildman–Crippen MR) is 76.0 cm³/mol. The standard InChI is InChI=1S/C14H9BrClN/c15-12-9-14-10(8-13(12)16)6-7-17(14)11-4-2-1-3-5-11/h1-9H. The zero-order valence-electron chi connectivity index (χ0n) is 8.90. The molecule has 0 bridgehead atoms. The lowest BCUT2D eigenvalue weighted by molar-refractivity contribution is 1.13. The molecule has 0 radical (unpaired) electrons. The number of para-hydroxylation sites is 1. The van der Waals surface area contributed by atoms with Crippen LogP contribution in [0.15, 0.2) is 59.2 Å². The first-order valence-corrected chi connectivity index (χ1v) is 6.44. The molecular weight excluding hydrogens is 298 g/mol. The Labute approximate surface area is 113 Å². The van der Waals surface area contributed by atoms with Crippen LogP contribution in [0, 0.1) is 0 Å². The maximum absolute atomic E-state index is 6.09. The number of halogens is 2. The molecule has 1 aromatic heterocycles. The van der Waals surface area contributed by atoms with Crippen LogP contribution in [0.4, 0.5) is 0 Å². The lowest BCUT2D eigenvalue weighted by atomic mass is 10.2. The number of hydrogen-bond acceptors (Lipinski definition) is 0. The molecule has 0 amide bonds. The van der Waals surface area contributed by atoms with E-state index in [4.69, 9.17) is 11.6 Å². The summed E-state index contributed by atoms with van der Waals surface area (Å²) in [6.45, 7) is 0. The van der Waals surface area contributed by atoms with E-state index < -0.39 is 0 Å². The normalized spacial score (nSPS) is 10.9. The van der Waals surface area contributed by atoms with Crippen molar-refractivity contribution in [2.45, 2.75) is 0 Å². The molecule has 0 saturated carbocycles. The molecule has 0 unspecified atom stereocenters. The van der Waals surface area contributed by atoms with Crippen molar-refractivity contribution >= 4 is 38.4 Å². The summed E-state index contributed by atoms with van der Waals surface area (Å²) in [6.07, 6.45) is 2.06. The molecule has 1 heterocycles. The first-order chi connectivity index (χ1) is 8.25. The second kappa shape index (κ2) is 4.21. The van der Waals surface area contributed by atoms with Crippen molar-refractivity contribution in [1.82, 2.24) is 4.57 Å². The predicted octanol–water partition coefficient (Wildman–Crippen LogP) is 5.05. The minimum absolute atomic E-state index is 0.739. The van der Waals surface area contributed by atoms with Gasteiger partial charge in [0.25, 0.3) is 0 Å². The van der Waals surface area contributed by atoms with Gasteiger partial charge in [0.1, 0.15) is 0 Å². The van der Waals surface area contributed by atoms with Gasteiger partial charge >= 0.3 is 0 Å². The van der Waals surface area contributed by atoms with Gasteiger partial charge < -0.3 is 4.57 Å². The van der Waals surface area contributed by atoms with E-state index in [0.29, 0.717) is 0 Å². The van der Waals surface area contributed by atoms with Crippen molar-refractivity contribution in [3.63, 3.8) is 0 Å². The molecule has 17 heavy (non-hydrogen) atoms. The summed E-state index contributed by atoms with van der Waals surface area (Å²) < 4.78 is 3.07. The fraction of sp³-hybridized carbons (Fsp3) is 0. The van der Waals surface area contributed by atoms with E-state index in [2.05, 4.69) is 44.9 Å². The molecule has 2 aromatic carbocycles. The largest absolute Gasteiger partial charge is 0.317 e. The third-order valence-corrected chi connectivity index (χ3v) is 3.96. The van der Waals surface area contributed by atoms with Crippen molar-refractivity contribution in [2.24, 2.45) is 0 Å². The SMILES string of the molecule is Clc1cc2ccn(-c3ccccc3)c2cc1Br. The van der Waals surface area contributed by atoms with Crippen LogP contribution in [-0.2, 0) is 0 Å². The number of nitrogens with zero attached hydrogens (tertiary/aromatic N) is 1. The molecule has 1 nitrogen and oxygen atoms in total. The van der Waals surface area contributed by atoms with Gasteiger partial charge in [-0.3, -0.25) is 0 Å². The highest BCUT2D eigenvalue weighted by atomic mass is 79.9. The van der Waals surface area contributed by atoms with Gasteiger partial charge in [0, 0.05) is 21.7 Å². The van der Waals surface area contributed by atoms with Gasteiger partial charge in [-0.25, -0.2) is 0 Å². The molecule has 0 aliphatic carbocycles. The van der Waals surface area contributed by atoms with Crippen LogP contribution in [0.25, 0.3) is 16.6 Å². The Morgan fingerprint density at radius 2 is 1.76 bits per heavy atom. The Hall–Kier alpha value is -1.25. The molecule has 0 aliphatic rings. The molecule has 0 N–H and O–H groups in total. The average Bonchev–Trinajstić information content (AvgIpc) is 2.74. The van der Waals surface area contributed by atoms with Crippen LogP contribution < -0.4 is 0 Å². The van der Waals surface area contributed by atoms with Crippen molar-refractivity contribution in [2.75, 3.05) is 0 Å². The molecule has 0 saturated heterocycles. The summed E-state index contributed by atoms with van der Waals surface area (Å²) >= 11 is 9.55. The maximum atomic E-state index is 6.09. The van der Waals surface area contributed by atoms with Crippen molar-refractivity contribution < 1.29 is 0 Å². The molecule has 3 heteroatoms. The van der Waals surface area contributed by atoms with Crippen molar-refractivity contribution in [3.8, 4) is 5.69 Å². The summed E-state index contributed by atoms with van der Waals surface area (Å²) in [4.78, 5) is 0. The van der Waals surface area contributed by atoms with Gasteiger partial charge in [-0.1, -0.05) is 29.8 Å². The average molecular weight is 307 g/mol. The fourth-order valence-corrected chi connectivity index (χ4v) is 2.45. The fourth-order valence-electron chi connectivity index (χ4n) is 1.94. The van der Waals surface area contributed by atoms with E-state index in [1.54, 1.807) is 0 Å². The maximum Gasteiger partial charge on any atom is 0.0555 e. The molecule has 0 spiro atoms. The smallest absolute Gasteiger partial charge is 0.0555 e. The van der Waals surface area contributed by atoms with Crippen molar-refractivity contribution in [1.29, 1.82) is 0 Å². The third kappa shape index (κ3) is 1.88. The number of benzene rings is 2. The summed E-state index contributed by atoms with van der Waals surface area (Å²) in [6, 6.07) is 16.3. The number of rotatable bonds is 1. The number of hydrogen-bond donors (Lipinski definition) is 0.